The largest absolute Gasteiger partial charge is 0.465 e. The number of fused-ring (bicyclic) bond motifs is 1. The fraction of sp³-hybridized carbons (Fsp3) is 0.656. The first-order valence-electron chi connectivity index (χ1n) is 16.8. The number of unbranched alkanes of at least 4 members (excludes halogenated alkanes) is 2. The number of nitrogens with two attached hydrogens (primary N) is 1. The van der Waals surface area contributed by atoms with Gasteiger partial charge in [-0.05, 0) is 52.7 Å². The average Bonchev–Trinajstić information content (AvgIpc) is 3.54. The zero-order valence-corrected chi connectivity index (χ0v) is 31.1. The highest BCUT2D eigenvalue weighted by atomic mass is 31.2. The molecule has 2 rings (SSSR count). The van der Waals surface area contributed by atoms with E-state index in [1.807, 2.05) is 19.9 Å². The van der Waals surface area contributed by atoms with Crippen molar-refractivity contribution in [2.45, 2.75) is 110 Å². The number of hydrogen-bond acceptors (Lipinski definition) is 15. The van der Waals surface area contributed by atoms with Crippen molar-refractivity contribution < 1.29 is 52.0 Å². The lowest BCUT2D eigenvalue weighted by Gasteiger charge is -2.38. The van der Waals surface area contributed by atoms with Gasteiger partial charge in [-0.25, -0.2) is 19.7 Å². The lowest BCUT2D eigenvalue weighted by atomic mass is 9.92. The van der Waals surface area contributed by atoms with E-state index in [0.717, 1.165) is 7.11 Å². The van der Waals surface area contributed by atoms with Gasteiger partial charge < -0.3 is 33.9 Å². The van der Waals surface area contributed by atoms with Crippen molar-refractivity contribution >= 4 is 42.9 Å². The maximum atomic E-state index is 14.4. The molecule has 18 nitrogen and oxygen atoms in total. The van der Waals surface area contributed by atoms with Gasteiger partial charge in [-0.15, -0.1) is 0 Å². The molecule has 2 aromatic rings. The van der Waals surface area contributed by atoms with Gasteiger partial charge in [-0.3, -0.25) is 23.7 Å². The van der Waals surface area contributed by atoms with Crippen LogP contribution in [-0.2, 0) is 52.0 Å². The number of ether oxygens (including phenoxy) is 5. The first-order chi connectivity index (χ1) is 24.2. The van der Waals surface area contributed by atoms with Gasteiger partial charge in [0.2, 0.25) is 5.60 Å². The van der Waals surface area contributed by atoms with Crippen molar-refractivity contribution in [2.75, 3.05) is 32.7 Å². The standard InChI is InChI=1S/C32H50N7O11P/c1-8-12-14-25(40)49-27(23-16-17-24-29(34)35-20-36-39(23)24)28(50-26(41)15-13-9-2)32(18-33,45-7)19-48-51(44,37-21(5)30(42)46-10-3)38-22(6)31(43)47-11-4/h16-17,20-22,27-28H,8-15,19H2,1-7H3,(H2,34,35,36)(H2,37,38,44)/t21-,22-,27-,28-,32?/m0/s1. The van der Waals surface area contributed by atoms with Crippen molar-refractivity contribution in [1.29, 1.82) is 5.26 Å². The third-order valence-corrected chi connectivity index (χ3v) is 9.49. The minimum absolute atomic E-state index is 0.00644. The second kappa shape index (κ2) is 20.6. The Hall–Kier alpha value is -4.14. The minimum Gasteiger partial charge on any atom is -0.465 e. The molecule has 2 heterocycles. The quantitative estimate of drug-likeness (QED) is 0.0840. The Labute approximate surface area is 297 Å². The number of nitrogens with zero attached hydrogens (tertiary/aromatic N) is 4. The molecule has 1 unspecified atom stereocenters. The molecule has 5 atom stereocenters. The number of esters is 4. The van der Waals surface area contributed by atoms with Crippen LogP contribution in [0, 0.1) is 11.3 Å². The Balaban J connectivity index is 2.74. The van der Waals surface area contributed by atoms with E-state index in [0.29, 0.717) is 31.2 Å². The van der Waals surface area contributed by atoms with E-state index in [2.05, 4.69) is 20.3 Å². The molecule has 0 radical (unpaired) electrons. The Morgan fingerprint density at radius 3 is 2.00 bits per heavy atom. The summed E-state index contributed by atoms with van der Waals surface area (Å²) in [5, 5.41) is 20.1. The van der Waals surface area contributed by atoms with Gasteiger partial charge >= 0.3 is 31.5 Å². The van der Waals surface area contributed by atoms with E-state index >= 15 is 0 Å². The smallest absolute Gasteiger partial charge is 0.342 e. The maximum absolute atomic E-state index is 14.4. The van der Waals surface area contributed by atoms with Crippen LogP contribution in [0.2, 0.25) is 0 Å². The lowest BCUT2D eigenvalue weighted by Crippen LogP contribution is -2.54. The van der Waals surface area contributed by atoms with Gasteiger partial charge in [0.1, 0.15) is 36.6 Å². The molecule has 0 fully saturated rings. The predicted molar refractivity (Wildman–Crippen MR) is 183 cm³/mol. The van der Waals surface area contributed by atoms with Crippen molar-refractivity contribution in [3.05, 3.63) is 24.2 Å². The topological polar surface area (TPSA) is 245 Å². The number of carbonyl (C=O) groups is 4. The Morgan fingerprint density at radius 1 is 0.961 bits per heavy atom. The maximum Gasteiger partial charge on any atom is 0.342 e. The van der Waals surface area contributed by atoms with E-state index in [1.54, 1.807) is 19.9 Å². The number of anilines is 1. The molecule has 0 aliphatic heterocycles. The number of rotatable bonds is 23. The van der Waals surface area contributed by atoms with Crippen LogP contribution in [0.5, 0.6) is 0 Å². The third-order valence-electron chi connectivity index (χ3n) is 7.54. The molecular formula is C32H50N7O11P. The van der Waals surface area contributed by atoms with Gasteiger partial charge in [-0.1, -0.05) is 26.7 Å². The van der Waals surface area contributed by atoms with Crippen LogP contribution in [0.25, 0.3) is 5.52 Å². The Bertz CT molecular complexity index is 1540. The first-order valence-corrected chi connectivity index (χ1v) is 18.4. The molecule has 0 aromatic carbocycles. The van der Waals surface area contributed by atoms with Crippen LogP contribution in [0.1, 0.15) is 91.9 Å². The van der Waals surface area contributed by atoms with Crippen molar-refractivity contribution in [3.8, 4) is 6.07 Å². The number of hydrogen-bond donors (Lipinski definition) is 3. The SMILES string of the molecule is CCCCC(=O)O[C@@H](c1ccc2c(N)ncnn12)[C@H](OC(=O)CCCC)C(C#N)(COP(=O)(N[C@@H](C)C(=O)OCC)N[C@@H](C)C(=O)OCC)OC. The zero-order valence-electron chi connectivity index (χ0n) is 30.2. The molecule has 19 heteroatoms. The van der Waals surface area contributed by atoms with Crippen molar-refractivity contribution in [1.82, 2.24) is 24.8 Å². The van der Waals surface area contributed by atoms with E-state index in [-0.39, 0.29) is 37.6 Å². The molecule has 0 aliphatic rings. The summed E-state index contributed by atoms with van der Waals surface area (Å²) in [5.74, 6) is -2.91. The molecule has 4 N–H and O–H groups in total. The highest BCUT2D eigenvalue weighted by molar-refractivity contribution is 7.54. The lowest BCUT2D eigenvalue weighted by molar-refractivity contribution is -0.194. The fourth-order valence-corrected chi connectivity index (χ4v) is 6.59. The highest BCUT2D eigenvalue weighted by Crippen LogP contribution is 2.43. The van der Waals surface area contributed by atoms with Crippen LogP contribution >= 0.6 is 7.67 Å². The number of methoxy groups -OCH3 is 1. The zero-order chi connectivity index (χ0) is 38.2. The summed E-state index contributed by atoms with van der Waals surface area (Å²) in [6, 6.07) is 2.57. The summed E-state index contributed by atoms with van der Waals surface area (Å²) in [6.07, 6.45) is 0.00679. The molecule has 0 bridgehead atoms. The summed E-state index contributed by atoms with van der Waals surface area (Å²) < 4.78 is 49.2. The van der Waals surface area contributed by atoms with Gasteiger partial charge in [0.05, 0.1) is 18.9 Å². The molecule has 2 aromatic heterocycles. The van der Waals surface area contributed by atoms with Gasteiger partial charge in [0.25, 0.3) is 0 Å². The van der Waals surface area contributed by atoms with E-state index in [9.17, 15) is 29.0 Å². The summed E-state index contributed by atoms with van der Waals surface area (Å²) in [6.45, 7) is 8.77. The van der Waals surface area contributed by atoms with Crippen LogP contribution in [0.15, 0.2) is 18.5 Å². The second-order valence-corrected chi connectivity index (χ2v) is 13.3. The van der Waals surface area contributed by atoms with Crippen molar-refractivity contribution in [2.24, 2.45) is 0 Å². The second-order valence-electron chi connectivity index (χ2n) is 11.5. The molecule has 51 heavy (non-hydrogen) atoms. The number of carbonyl (C=O) groups excluding carboxylic acids is 4. The predicted octanol–water partition coefficient (Wildman–Crippen LogP) is 3.30. The molecule has 0 saturated carbocycles. The summed E-state index contributed by atoms with van der Waals surface area (Å²) >= 11 is 0. The molecule has 0 saturated heterocycles. The summed E-state index contributed by atoms with van der Waals surface area (Å²) in [7, 11) is -3.38. The third kappa shape index (κ3) is 12.0. The normalized spacial score (nSPS) is 15.1. The van der Waals surface area contributed by atoms with Crippen LogP contribution in [0.3, 0.4) is 0 Å². The van der Waals surface area contributed by atoms with E-state index in [1.165, 1.54) is 30.8 Å². The van der Waals surface area contributed by atoms with Gasteiger partial charge in [0, 0.05) is 20.0 Å². The number of aromatic nitrogens is 3. The number of nitriles is 1. The summed E-state index contributed by atoms with van der Waals surface area (Å²) in [5.41, 5.74) is 4.19. The molecule has 284 valence electrons. The average molecular weight is 740 g/mol. The summed E-state index contributed by atoms with van der Waals surface area (Å²) in [4.78, 5) is 55.6. The monoisotopic (exact) mass is 739 g/mol. The molecular weight excluding hydrogens is 689 g/mol. The highest BCUT2D eigenvalue weighted by Gasteiger charge is 2.52. The molecule has 0 spiro atoms. The first kappa shape index (κ1) is 43.0. The van der Waals surface area contributed by atoms with Gasteiger partial charge in [0.15, 0.2) is 18.0 Å². The molecule has 0 aliphatic carbocycles. The fourth-order valence-electron chi connectivity index (χ4n) is 4.76. The van der Waals surface area contributed by atoms with Crippen LogP contribution in [0.4, 0.5) is 5.82 Å². The Kier molecular flexibility index (Phi) is 17.4. The van der Waals surface area contributed by atoms with Crippen LogP contribution in [-0.4, -0.2) is 89.2 Å². The number of nitrogen functional groups attached to an aromatic ring is 1. The van der Waals surface area contributed by atoms with Crippen molar-refractivity contribution in [3.63, 3.8) is 0 Å². The Morgan fingerprint density at radius 2 is 1.51 bits per heavy atom. The van der Waals surface area contributed by atoms with E-state index < -0.39 is 68.0 Å². The molecule has 0 amide bonds. The van der Waals surface area contributed by atoms with Crippen LogP contribution < -0.4 is 15.9 Å². The van der Waals surface area contributed by atoms with E-state index in [4.69, 9.17) is 33.9 Å². The van der Waals surface area contributed by atoms with Gasteiger partial charge in [-0.2, -0.15) is 10.4 Å². The minimum atomic E-state index is -4.50. The number of nitrogens with one attached hydrogen (secondary N) is 2.